The van der Waals surface area contributed by atoms with Crippen molar-refractivity contribution in [2.75, 3.05) is 159 Å². The zero-order valence-corrected chi connectivity index (χ0v) is 45.4. The van der Waals surface area contributed by atoms with Gasteiger partial charge in [-0.3, -0.25) is 0 Å². The minimum absolute atomic E-state index is 0.318. The molecule has 18 heteroatoms. The third-order valence-corrected chi connectivity index (χ3v) is 11.9. The van der Waals surface area contributed by atoms with E-state index in [-0.39, 0.29) is 0 Å². The van der Waals surface area contributed by atoms with E-state index in [2.05, 4.69) is 0 Å². The second-order valence-corrected chi connectivity index (χ2v) is 17.8. The van der Waals surface area contributed by atoms with Gasteiger partial charge in [0.05, 0.1) is 106 Å². The molecule has 0 saturated heterocycles. The molecule has 0 bridgehead atoms. The van der Waals surface area contributed by atoms with E-state index in [0.29, 0.717) is 218 Å². The molecule has 8 rings (SSSR count). The number of ether oxygens (including phenoxy) is 18. The molecule has 6 aromatic rings. The fourth-order valence-electron chi connectivity index (χ4n) is 7.92. The van der Waals surface area contributed by atoms with E-state index in [1.165, 1.54) is 0 Å². The van der Waals surface area contributed by atoms with Crippen LogP contribution in [0.15, 0.2) is 133 Å². The quantitative estimate of drug-likeness (QED) is 0.148. The lowest BCUT2D eigenvalue weighted by molar-refractivity contribution is 0.0223. The molecule has 0 aliphatic carbocycles. The summed E-state index contributed by atoms with van der Waals surface area (Å²) >= 11 is 0. The van der Waals surface area contributed by atoms with Gasteiger partial charge in [0.1, 0.15) is 77.6 Å². The first kappa shape index (κ1) is 59.1. The summed E-state index contributed by atoms with van der Waals surface area (Å²) in [5, 5.41) is 0. The highest BCUT2D eigenvalue weighted by Gasteiger charge is 2.13. The minimum Gasteiger partial charge on any atom is -0.489 e. The Morgan fingerprint density at radius 1 is 0.225 bits per heavy atom. The Morgan fingerprint density at radius 3 is 0.713 bits per heavy atom. The van der Waals surface area contributed by atoms with E-state index in [4.69, 9.17) is 85.3 Å². The maximum Gasteiger partial charge on any atom is 0.161 e. The van der Waals surface area contributed by atoms with Crippen LogP contribution in [-0.4, -0.2) is 159 Å². The highest BCUT2D eigenvalue weighted by molar-refractivity contribution is 5.65. The Kier molecular flexibility index (Phi) is 26.3. The van der Waals surface area contributed by atoms with Crippen molar-refractivity contribution >= 4 is 0 Å². The number of hydrogen-bond donors (Lipinski definition) is 0. The molecule has 0 saturated carbocycles. The average Bonchev–Trinajstić information content (AvgIpc) is 3.49. The van der Waals surface area contributed by atoms with Crippen LogP contribution in [-0.2, 0) is 51.1 Å². The van der Waals surface area contributed by atoms with Gasteiger partial charge in [-0.2, -0.15) is 0 Å². The average molecular weight is 1110 g/mol. The van der Waals surface area contributed by atoms with Crippen LogP contribution in [0.4, 0.5) is 0 Å². The fraction of sp³-hybridized carbons (Fsp3) is 0.419. The van der Waals surface area contributed by atoms with E-state index < -0.39 is 0 Å². The van der Waals surface area contributed by atoms with Crippen LogP contribution >= 0.6 is 0 Å². The van der Waals surface area contributed by atoms with E-state index >= 15 is 0 Å². The first-order valence-corrected chi connectivity index (χ1v) is 27.3. The van der Waals surface area contributed by atoms with Crippen LogP contribution in [0.2, 0.25) is 0 Å². The fourth-order valence-corrected chi connectivity index (χ4v) is 7.92. The monoisotopic (exact) mass is 1110 g/mol. The van der Waals surface area contributed by atoms with Gasteiger partial charge in [-0.05, 0) is 95.1 Å². The molecular formula is C62H74O18. The second kappa shape index (κ2) is 35.6. The molecular weight excluding hydrogens is 1030 g/mol. The van der Waals surface area contributed by atoms with Gasteiger partial charge < -0.3 is 85.3 Å². The standard InChI is InChI=1S/C62H74O18/c1-3-7-57-55(5-1)71-37-29-63-21-23-67-33-41-75-59-19-9-49(45-61(59)77-43-35-69-27-25-65-31-39-73-57)47-79-53-15-11-51(12-16-53)52-13-17-54(18-14-52)80-48-50-10-20-60-62(46-50)78-44-36-70-28-26-66-32-40-74-58-8-4-2-6-56(58)72-38-30-64-22-24-68-34-42-76-60/h1-20,45-46H,21-44,47-48H2. The van der Waals surface area contributed by atoms with Gasteiger partial charge in [-0.15, -0.1) is 0 Å². The van der Waals surface area contributed by atoms with Crippen LogP contribution in [0.3, 0.4) is 0 Å². The van der Waals surface area contributed by atoms with E-state index in [0.717, 1.165) is 33.8 Å². The van der Waals surface area contributed by atoms with Crippen molar-refractivity contribution in [3.8, 4) is 68.6 Å². The summed E-state index contributed by atoms with van der Waals surface area (Å²) in [4.78, 5) is 0. The number of hydrogen-bond acceptors (Lipinski definition) is 18. The van der Waals surface area contributed by atoms with Gasteiger partial charge in [-0.25, -0.2) is 0 Å². The van der Waals surface area contributed by atoms with Crippen LogP contribution in [0.25, 0.3) is 11.1 Å². The topological polar surface area (TPSA) is 166 Å². The van der Waals surface area contributed by atoms with E-state index in [9.17, 15) is 0 Å². The predicted octanol–water partition coefficient (Wildman–Crippen LogP) is 9.10. The summed E-state index contributed by atoms with van der Waals surface area (Å²) in [6.45, 7) is 10.0. The third kappa shape index (κ3) is 21.6. The van der Waals surface area contributed by atoms with Gasteiger partial charge in [0.15, 0.2) is 46.0 Å². The number of rotatable bonds is 7. The van der Waals surface area contributed by atoms with Crippen molar-refractivity contribution < 1.29 is 85.3 Å². The molecule has 2 heterocycles. The molecule has 6 aromatic carbocycles. The smallest absolute Gasteiger partial charge is 0.161 e. The van der Waals surface area contributed by atoms with Crippen molar-refractivity contribution in [3.63, 3.8) is 0 Å². The lowest BCUT2D eigenvalue weighted by Crippen LogP contribution is -2.15. The number of para-hydroxylation sites is 4. The van der Waals surface area contributed by atoms with Crippen molar-refractivity contribution in [2.45, 2.75) is 13.2 Å². The molecule has 0 fully saturated rings. The molecule has 0 aromatic heterocycles. The Balaban J connectivity index is 0.773. The summed E-state index contributed by atoms with van der Waals surface area (Å²) in [6, 6.07) is 42.6. The Hall–Kier alpha value is -7.00. The van der Waals surface area contributed by atoms with Crippen LogP contribution in [0.1, 0.15) is 11.1 Å². The summed E-state index contributed by atoms with van der Waals surface area (Å²) in [5.74, 6) is 6.46. The maximum absolute atomic E-state index is 6.23. The molecule has 430 valence electrons. The van der Waals surface area contributed by atoms with Crippen LogP contribution in [0, 0.1) is 0 Å². The lowest BCUT2D eigenvalue weighted by Gasteiger charge is -2.16. The van der Waals surface area contributed by atoms with Crippen LogP contribution < -0.4 is 47.4 Å². The lowest BCUT2D eigenvalue weighted by atomic mass is 10.1. The van der Waals surface area contributed by atoms with Crippen LogP contribution in [0.5, 0.6) is 57.5 Å². The SMILES string of the molecule is c1ccc2c(c1)OCCOCCOCCOc1ccc(COc3ccc(-c4ccc(OCc5ccc6c(c5)OCCOCCOCCOc5ccccc5OCCOCCOCCO6)cc4)cc3)cc1OCCOCCOCCO2. The third-order valence-electron chi connectivity index (χ3n) is 11.9. The summed E-state index contributed by atoms with van der Waals surface area (Å²) in [5.41, 5.74) is 3.90. The Morgan fingerprint density at radius 2 is 0.450 bits per heavy atom. The first-order valence-electron chi connectivity index (χ1n) is 27.3. The first-order chi connectivity index (χ1) is 39.7. The molecule has 0 radical (unpaired) electrons. The number of benzene rings is 6. The molecule has 2 aliphatic rings. The van der Waals surface area contributed by atoms with Crippen molar-refractivity contribution in [1.82, 2.24) is 0 Å². The Labute approximate surface area is 468 Å². The summed E-state index contributed by atoms with van der Waals surface area (Å²) in [6.07, 6.45) is 0. The zero-order valence-electron chi connectivity index (χ0n) is 45.4. The molecule has 0 amide bonds. The van der Waals surface area contributed by atoms with Crippen molar-refractivity contribution in [1.29, 1.82) is 0 Å². The molecule has 0 N–H and O–H groups in total. The normalized spacial score (nSPS) is 17.1. The summed E-state index contributed by atoms with van der Waals surface area (Å²) < 4.78 is 106. The zero-order chi connectivity index (χ0) is 54.8. The minimum atomic E-state index is 0.318. The second-order valence-electron chi connectivity index (χ2n) is 17.8. The number of fused-ring (bicyclic) bond motifs is 4. The largest absolute Gasteiger partial charge is 0.489 e. The molecule has 0 atom stereocenters. The van der Waals surface area contributed by atoms with Gasteiger partial charge >= 0.3 is 0 Å². The van der Waals surface area contributed by atoms with Crippen molar-refractivity contribution in [3.05, 3.63) is 145 Å². The highest BCUT2D eigenvalue weighted by atomic mass is 16.6. The molecule has 80 heavy (non-hydrogen) atoms. The van der Waals surface area contributed by atoms with Crippen molar-refractivity contribution in [2.24, 2.45) is 0 Å². The van der Waals surface area contributed by atoms with E-state index in [1.54, 1.807) is 0 Å². The summed E-state index contributed by atoms with van der Waals surface area (Å²) in [7, 11) is 0. The molecule has 2 aliphatic heterocycles. The maximum atomic E-state index is 6.23. The molecule has 18 nitrogen and oxygen atoms in total. The predicted molar refractivity (Wildman–Crippen MR) is 297 cm³/mol. The van der Waals surface area contributed by atoms with Gasteiger partial charge in [0, 0.05) is 0 Å². The molecule has 0 spiro atoms. The van der Waals surface area contributed by atoms with Gasteiger partial charge in [0.25, 0.3) is 0 Å². The van der Waals surface area contributed by atoms with Gasteiger partial charge in [-0.1, -0.05) is 60.7 Å². The highest BCUT2D eigenvalue weighted by Crippen LogP contribution is 2.33. The Bertz CT molecular complexity index is 2450. The van der Waals surface area contributed by atoms with E-state index in [1.807, 2.05) is 133 Å². The molecule has 0 unspecified atom stereocenters. The van der Waals surface area contributed by atoms with Gasteiger partial charge in [0.2, 0.25) is 0 Å².